The molecule has 1 aliphatic rings. The Labute approximate surface area is 190 Å². The van der Waals surface area contributed by atoms with Crippen LogP contribution < -0.4 is 5.32 Å². The second-order valence-electron chi connectivity index (χ2n) is 7.94. The molecule has 0 atom stereocenters. The Morgan fingerprint density at radius 2 is 1.82 bits per heavy atom. The van der Waals surface area contributed by atoms with Crippen LogP contribution in [0.3, 0.4) is 0 Å². The van der Waals surface area contributed by atoms with Gasteiger partial charge in [-0.05, 0) is 51.3 Å². The summed E-state index contributed by atoms with van der Waals surface area (Å²) in [5.74, 6) is -3.18. The smallest absolute Gasteiger partial charge is 0.344 e. The topological polar surface area (TPSA) is 112 Å². The van der Waals surface area contributed by atoms with Crippen molar-refractivity contribution in [1.29, 1.82) is 0 Å². The number of amides is 1. The highest BCUT2D eigenvalue weighted by atomic mass is 19.1. The Balaban J connectivity index is 1.75. The maximum absolute atomic E-state index is 13.8. The number of anilines is 1. The molecule has 33 heavy (non-hydrogen) atoms. The summed E-state index contributed by atoms with van der Waals surface area (Å²) in [7, 11) is 0. The van der Waals surface area contributed by atoms with Gasteiger partial charge in [0, 0.05) is 0 Å². The van der Waals surface area contributed by atoms with E-state index in [-0.39, 0.29) is 29.4 Å². The van der Waals surface area contributed by atoms with Crippen molar-refractivity contribution in [3.8, 4) is 0 Å². The van der Waals surface area contributed by atoms with E-state index in [0.717, 1.165) is 12.8 Å². The zero-order valence-corrected chi connectivity index (χ0v) is 18.8. The van der Waals surface area contributed by atoms with E-state index in [1.165, 1.54) is 32.0 Å². The number of hydrogen-bond donors (Lipinski definition) is 1. The van der Waals surface area contributed by atoms with Crippen molar-refractivity contribution in [3.05, 3.63) is 52.5 Å². The van der Waals surface area contributed by atoms with E-state index < -0.39 is 41.5 Å². The SMILES string of the molecule is CCOC(=O)c1c(NC(=O)COC(=O)C2(c3cccc(F)c3)CCCC2)oc(C)c1C(C)=O. The summed E-state index contributed by atoms with van der Waals surface area (Å²) in [4.78, 5) is 49.8. The number of hydrogen-bond acceptors (Lipinski definition) is 7. The number of rotatable bonds is 8. The first kappa shape index (κ1) is 24.2. The maximum atomic E-state index is 13.8. The molecule has 0 spiro atoms. The van der Waals surface area contributed by atoms with E-state index in [2.05, 4.69) is 5.32 Å². The summed E-state index contributed by atoms with van der Waals surface area (Å²) in [5.41, 5.74) is -0.672. The molecule has 1 fully saturated rings. The van der Waals surface area contributed by atoms with Gasteiger partial charge in [-0.1, -0.05) is 25.0 Å². The molecule has 0 aliphatic heterocycles. The summed E-state index contributed by atoms with van der Waals surface area (Å²) < 4.78 is 29.5. The highest BCUT2D eigenvalue weighted by molar-refractivity contribution is 6.10. The molecule has 3 rings (SSSR count). The number of nitrogens with one attached hydrogen (secondary N) is 1. The number of benzene rings is 1. The lowest BCUT2D eigenvalue weighted by Gasteiger charge is -2.27. The molecule has 1 aliphatic carbocycles. The molecule has 8 nitrogen and oxygen atoms in total. The van der Waals surface area contributed by atoms with Gasteiger partial charge in [-0.25, -0.2) is 9.18 Å². The van der Waals surface area contributed by atoms with Crippen LogP contribution in [0, 0.1) is 12.7 Å². The molecule has 0 saturated heterocycles. The third-order valence-corrected chi connectivity index (χ3v) is 5.73. The first-order valence-electron chi connectivity index (χ1n) is 10.7. The molecule has 1 aromatic carbocycles. The molecule has 0 bridgehead atoms. The van der Waals surface area contributed by atoms with Crippen molar-refractivity contribution in [2.45, 2.75) is 51.9 Å². The molecule has 2 aromatic rings. The van der Waals surface area contributed by atoms with Gasteiger partial charge in [0.25, 0.3) is 5.91 Å². The molecule has 9 heteroatoms. The summed E-state index contributed by atoms with van der Waals surface area (Å²) in [6, 6.07) is 5.82. The number of carbonyl (C=O) groups is 4. The fourth-order valence-corrected chi connectivity index (χ4v) is 4.26. The Bertz CT molecular complexity index is 1080. The van der Waals surface area contributed by atoms with Crippen LogP contribution in [0.5, 0.6) is 0 Å². The van der Waals surface area contributed by atoms with Gasteiger partial charge in [-0.15, -0.1) is 0 Å². The van der Waals surface area contributed by atoms with Crippen LogP contribution in [-0.2, 0) is 24.5 Å². The van der Waals surface area contributed by atoms with Gasteiger partial charge in [-0.3, -0.25) is 19.7 Å². The van der Waals surface area contributed by atoms with Gasteiger partial charge in [0.2, 0.25) is 5.88 Å². The molecular formula is C24H26FNO7. The Morgan fingerprint density at radius 3 is 2.42 bits per heavy atom. The Hall–Kier alpha value is -3.49. The third-order valence-electron chi connectivity index (χ3n) is 5.73. The minimum Gasteiger partial charge on any atom is -0.462 e. The van der Waals surface area contributed by atoms with E-state index >= 15 is 0 Å². The third kappa shape index (κ3) is 4.97. The van der Waals surface area contributed by atoms with E-state index in [1.807, 2.05) is 0 Å². The fourth-order valence-electron chi connectivity index (χ4n) is 4.26. The van der Waals surface area contributed by atoms with Crippen molar-refractivity contribution >= 4 is 29.5 Å². The molecule has 176 valence electrons. The number of esters is 2. The van der Waals surface area contributed by atoms with Crippen LogP contribution in [0.4, 0.5) is 10.3 Å². The van der Waals surface area contributed by atoms with Crippen LogP contribution in [-0.4, -0.2) is 36.8 Å². The second kappa shape index (κ2) is 9.97. The van der Waals surface area contributed by atoms with Crippen molar-refractivity contribution < 1.29 is 37.5 Å². The van der Waals surface area contributed by atoms with Crippen molar-refractivity contribution in [3.63, 3.8) is 0 Å². The fraction of sp³-hybridized carbons (Fsp3) is 0.417. The minimum absolute atomic E-state index is 0.0109. The number of halogens is 1. The summed E-state index contributed by atoms with van der Waals surface area (Å²) in [5, 5.41) is 2.38. The van der Waals surface area contributed by atoms with Gasteiger partial charge in [-0.2, -0.15) is 0 Å². The molecule has 0 radical (unpaired) electrons. The van der Waals surface area contributed by atoms with Gasteiger partial charge >= 0.3 is 11.9 Å². The van der Waals surface area contributed by atoms with E-state index in [0.29, 0.717) is 18.4 Å². The first-order chi connectivity index (χ1) is 15.7. The molecular weight excluding hydrogens is 433 g/mol. The van der Waals surface area contributed by atoms with Crippen molar-refractivity contribution in [2.75, 3.05) is 18.5 Å². The predicted molar refractivity (Wildman–Crippen MR) is 116 cm³/mol. The molecule has 0 unspecified atom stereocenters. The molecule has 1 saturated carbocycles. The summed E-state index contributed by atoms with van der Waals surface area (Å²) >= 11 is 0. The molecule has 1 N–H and O–H groups in total. The van der Waals surface area contributed by atoms with E-state index in [4.69, 9.17) is 13.9 Å². The zero-order valence-electron chi connectivity index (χ0n) is 18.8. The van der Waals surface area contributed by atoms with Crippen molar-refractivity contribution in [1.82, 2.24) is 0 Å². The number of ether oxygens (including phenoxy) is 2. The molecule has 1 amide bonds. The summed E-state index contributed by atoms with van der Waals surface area (Å²) in [6.07, 6.45) is 2.53. The molecule has 1 aromatic heterocycles. The van der Waals surface area contributed by atoms with Gasteiger partial charge in [0.15, 0.2) is 12.4 Å². The Morgan fingerprint density at radius 1 is 1.12 bits per heavy atom. The largest absolute Gasteiger partial charge is 0.462 e. The van der Waals surface area contributed by atoms with Crippen LogP contribution in [0.2, 0.25) is 0 Å². The van der Waals surface area contributed by atoms with E-state index in [1.54, 1.807) is 13.0 Å². The minimum atomic E-state index is -1.01. The zero-order chi connectivity index (χ0) is 24.2. The first-order valence-corrected chi connectivity index (χ1v) is 10.7. The van der Waals surface area contributed by atoms with Gasteiger partial charge < -0.3 is 13.9 Å². The lowest BCUT2D eigenvalue weighted by Crippen LogP contribution is -2.36. The number of Topliss-reactive ketones (excluding diaryl/α,β-unsaturated/α-hetero) is 1. The monoisotopic (exact) mass is 459 g/mol. The Kier molecular flexibility index (Phi) is 7.30. The number of carbonyl (C=O) groups excluding carboxylic acids is 4. The highest BCUT2D eigenvalue weighted by Gasteiger charge is 2.44. The van der Waals surface area contributed by atoms with Crippen molar-refractivity contribution in [2.24, 2.45) is 0 Å². The number of aryl methyl sites for hydroxylation is 1. The normalized spacial score (nSPS) is 14.5. The standard InChI is InChI=1S/C24H26FNO7/c1-4-31-22(29)20-19(14(2)27)15(3)33-21(20)26-18(28)13-32-23(30)24(10-5-6-11-24)16-8-7-9-17(25)12-16/h7-9,12H,4-6,10-11,13H2,1-3H3,(H,26,28). The van der Waals surface area contributed by atoms with E-state index in [9.17, 15) is 23.6 Å². The quantitative estimate of drug-likeness (QED) is 0.467. The lowest BCUT2D eigenvalue weighted by molar-refractivity contribution is -0.153. The van der Waals surface area contributed by atoms with Crippen LogP contribution in [0.1, 0.15) is 71.6 Å². The van der Waals surface area contributed by atoms with Crippen LogP contribution in [0.25, 0.3) is 0 Å². The van der Waals surface area contributed by atoms with Gasteiger partial charge in [0.05, 0.1) is 17.6 Å². The highest BCUT2D eigenvalue weighted by Crippen LogP contribution is 2.42. The maximum Gasteiger partial charge on any atom is 0.344 e. The van der Waals surface area contributed by atoms with Crippen LogP contribution in [0.15, 0.2) is 28.7 Å². The van der Waals surface area contributed by atoms with Gasteiger partial charge in [0.1, 0.15) is 17.1 Å². The second-order valence-corrected chi connectivity index (χ2v) is 7.94. The summed E-state index contributed by atoms with van der Waals surface area (Å²) in [6.45, 7) is 3.77. The lowest BCUT2D eigenvalue weighted by atomic mass is 9.79. The predicted octanol–water partition coefficient (Wildman–Crippen LogP) is 4.10. The van der Waals surface area contributed by atoms with Crippen LogP contribution >= 0.6 is 0 Å². The number of ketones is 1. The average molecular weight is 459 g/mol. The number of furan rings is 1. The molecule has 1 heterocycles. The average Bonchev–Trinajstić information content (AvgIpc) is 3.38.